The molecule has 1 aromatic carbocycles. The van der Waals surface area contributed by atoms with Crippen LogP contribution in [0.1, 0.15) is 5.69 Å². The number of ether oxygens (including phenoxy) is 1. The molecule has 0 aliphatic carbocycles. The van der Waals surface area contributed by atoms with Crippen LogP contribution < -0.4 is 5.32 Å². The molecule has 2 aromatic rings. The highest BCUT2D eigenvalue weighted by molar-refractivity contribution is 6.43. The lowest BCUT2D eigenvalue weighted by atomic mass is 10.1. The van der Waals surface area contributed by atoms with Gasteiger partial charge in [0.05, 0.1) is 16.7 Å². The normalized spacial score (nSPS) is 10.9. The molecule has 2 rings (SSSR count). The predicted octanol–water partition coefficient (Wildman–Crippen LogP) is 3.38. The molecule has 0 aliphatic rings. The molecule has 19 heavy (non-hydrogen) atoms. The number of hydrogen-bond acceptors (Lipinski definition) is 4. The summed E-state index contributed by atoms with van der Waals surface area (Å²) in [5, 5.41) is 4.18. The van der Waals surface area contributed by atoms with Crippen LogP contribution in [0.3, 0.4) is 0 Å². The molecule has 0 radical (unpaired) electrons. The lowest BCUT2D eigenvalue weighted by Gasteiger charge is -2.06. The Kier molecular flexibility index (Phi) is 5.22. The van der Waals surface area contributed by atoms with Crippen LogP contribution in [0.15, 0.2) is 29.0 Å². The van der Waals surface area contributed by atoms with Crippen LogP contribution in [0.25, 0.3) is 11.3 Å². The molecule has 0 spiro atoms. The van der Waals surface area contributed by atoms with Crippen LogP contribution in [0.5, 0.6) is 0 Å². The lowest BCUT2D eigenvalue weighted by Crippen LogP contribution is -2.19. The van der Waals surface area contributed by atoms with Gasteiger partial charge in [-0.3, -0.25) is 0 Å². The van der Waals surface area contributed by atoms with E-state index in [0.29, 0.717) is 29.0 Å². The molecule has 0 saturated carbocycles. The fourth-order valence-electron chi connectivity index (χ4n) is 1.67. The summed E-state index contributed by atoms with van der Waals surface area (Å²) in [6.07, 6.45) is 1.40. The van der Waals surface area contributed by atoms with Gasteiger partial charge in [-0.2, -0.15) is 0 Å². The van der Waals surface area contributed by atoms with Crippen molar-refractivity contribution in [3.05, 3.63) is 40.3 Å². The Bertz CT molecular complexity index is 543. The van der Waals surface area contributed by atoms with Gasteiger partial charge in [0.15, 0.2) is 12.2 Å². The first-order chi connectivity index (χ1) is 9.24. The minimum absolute atomic E-state index is 0.471. The zero-order valence-electron chi connectivity index (χ0n) is 10.5. The summed E-state index contributed by atoms with van der Waals surface area (Å²) >= 11 is 12.2. The van der Waals surface area contributed by atoms with Gasteiger partial charge in [0, 0.05) is 25.8 Å². The zero-order valence-corrected chi connectivity index (χ0v) is 12.0. The van der Waals surface area contributed by atoms with Gasteiger partial charge < -0.3 is 14.5 Å². The van der Waals surface area contributed by atoms with E-state index in [1.54, 1.807) is 13.2 Å². The third kappa shape index (κ3) is 3.48. The van der Waals surface area contributed by atoms with Crippen LogP contribution in [0.4, 0.5) is 0 Å². The maximum atomic E-state index is 6.18. The van der Waals surface area contributed by atoms with Crippen LogP contribution >= 0.6 is 23.2 Å². The number of benzene rings is 1. The van der Waals surface area contributed by atoms with Crippen molar-refractivity contribution in [3.8, 4) is 11.3 Å². The van der Waals surface area contributed by atoms with Crippen molar-refractivity contribution in [3.63, 3.8) is 0 Å². The van der Waals surface area contributed by atoms with Crippen molar-refractivity contribution in [2.45, 2.75) is 6.54 Å². The molecule has 0 saturated heterocycles. The van der Waals surface area contributed by atoms with Crippen molar-refractivity contribution >= 4 is 23.2 Å². The van der Waals surface area contributed by atoms with E-state index in [4.69, 9.17) is 32.4 Å². The average Bonchev–Trinajstić information content (AvgIpc) is 2.86. The fourth-order valence-corrected chi connectivity index (χ4v) is 2.06. The highest BCUT2D eigenvalue weighted by atomic mass is 35.5. The summed E-state index contributed by atoms with van der Waals surface area (Å²) in [6, 6.07) is 5.42. The second-order valence-corrected chi connectivity index (χ2v) is 4.68. The van der Waals surface area contributed by atoms with Gasteiger partial charge in [0.2, 0.25) is 0 Å². The largest absolute Gasteiger partial charge is 0.443 e. The standard InChI is InChI=1S/C13H14Cl2N2O2/c1-18-6-5-16-7-11-13(19-8-17-11)9-3-2-4-10(14)12(9)15/h2-4,8,16H,5-7H2,1H3. The first kappa shape index (κ1) is 14.3. The van der Waals surface area contributed by atoms with Crippen molar-refractivity contribution in [1.82, 2.24) is 10.3 Å². The molecule has 0 atom stereocenters. The number of halogens is 2. The molecule has 1 aromatic heterocycles. The summed E-state index contributed by atoms with van der Waals surface area (Å²) < 4.78 is 10.4. The number of nitrogens with one attached hydrogen (secondary N) is 1. The second kappa shape index (κ2) is 6.91. The highest BCUT2D eigenvalue weighted by Crippen LogP contribution is 2.34. The molecule has 102 valence electrons. The first-order valence-electron chi connectivity index (χ1n) is 5.80. The number of methoxy groups -OCH3 is 1. The van der Waals surface area contributed by atoms with E-state index in [2.05, 4.69) is 10.3 Å². The van der Waals surface area contributed by atoms with E-state index in [0.717, 1.165) is 17.8 Å². The summed E-state index contributed by atoms with van der Waals surface area (Å²) in [6.45, 7) is 1.97. The maximum absolute atomic E-state index is 6.18. The third-order valence-electron chi connectivity index (χ3n) is 2.61. The van der Waals surface area contributed by atoms with E-state index >= 15 is 0 Å². The van der Waals surface area contributed by atoms with Gasteiger partial charge >= 0.3 is 0 Å². The lowest BCUT2D eigenvalue weighted by molar-refractivity contribution is 0.199. The quantitative estimate of drug-likeness (QED) is 0.831. The summed E-state index contributed by atoms with van der Waals surface area (Å²) in [7, 11) is 1.66. The minimum Gasteiger partial charge on any atom is -0.443 e. The summed E-state index contributed by atoms with van der Waals surface area (Å²) in [5.74, 6) is 0.636. The summed E-state index contributed by atoms with van der Waals surface area (Å²) in [5.41, 5.74) is 1.54. The molecule has 0 bridgehead atoms. The molecule has 0 amide bonds. The van der Waals surface area contributed by atoms with Gasteiger partial charge in [-0.25, -0.2) is 4.98 Å². The number of hydrogen-bond donors (Lipinski definition) is 1. The Labute approximate surface area is 121 Å². The molecule has 0 unspecified atom stereocenters. The SMILES string of the molecule is COCCNCc1ncoc1-c1cccc(Cl)c1Cl. The highest BCUT2D eigenvalue weighted by Gasteiger charge is 2.15. The topological polar surface area (TPSA) is 47.3 Å². The molecule has 0 aliphatic heterocycles. The molecule has 0 fully saturated rings. The van der Waals surface area contributed by atoms with E-state index < -0.39 is 0 Å². The zero-order chi connectivity index (χ0) is 13.7. The minimum atomic E-state index is 0.471. The van der Waals surface area contributed by atoms with Crippen molar-refractivity contribution in [2.75, 3.05) is 20.3 Å². The number of nitrogens with zero attached hydrogens (tertiary/aromatic N) is 1. The van der Waals surface area contributed by atoms with Crippen molar-refractivity contribution in [2.24, 2.45) is 0 Å². The first-order valence-corrected chi connectivity index (χ1v) is 6.56. The summed E-state index contributed by atoms with van der Waals surface area (Å²) in [4.78, 5) is 4.19. The Balaban J connectivity index is 2.17. The average molecular weight is 301 g/mol. The Morgan fingerprint density at radius 3 is 3.00 bits per heavy atom. The van der Waals surface area contributed by atoms with E-state index in [-0.39, 0.29) is 0 Å². The number of oxazole rings is 1. The monoisotopic (exact) mass is 300 g/mol. The van der Waals surface area contributed by atoms with Gasteiger partial charge in [-0.05, 0) is 12.1 Å². The van der Waals surface area contributed by atoms with Gasteiger partial charge in [-0.1, -0.05) is 29.3 Å². The van der Waals surface area contributed by atoms with E-state index in [1.807, 2.05) is 12.1 Å². The molecule has 1 N–H and O–H groups in total. The van der Waals surface area contributed by atoms with Crippen LogP contribution in [-0.2, 0) is 11.3 Å². The van der Waals surface area contributed by atoms with E-state index in [1.165, 1.54) is 6.39 Å². The van der Waals surface area contributed by atoms with Crippen LogP contribution in [0.2, 0.25) is 10.0 Å². The fraction of sp³-hybridized carbons (Fsp3) is 0.308. The maximum Gasteiger partial charge on any atom is 0.181 e. The van der Waals surface area contributed by atoms with Crippen molar-refractivity contribution < 1.29 is 9.15 Å². The number of rotatable bonds is 6. The van der Waals surface area contributed by atoms with E-state index in [9.17, 15) is 0 Å². The number of aromatic nitrogens is 1. The van der Waals surface area contributed by atoms with Gasteiger partial charge in [-0.15, -0.1) is 0 Å². The van der Waals surface area contributed by atoms with Crippen LogP contribution in [-0.4, -0.2) is 25.2 Å². The Hall–Kier alpha value is -1.07. The van der Waals surface area contributed by atoms with Crippen LogP contribution in [0, 0.1) is 0 Å². The molecule has 6 heteroatoms. The third-order valence-corrected chi connectivity index (χ3v) is 3.43. The Morgan fingerprint density at radius 1 is 1.37 bits per heavy atom. The molecular formula is C13H14Cl2N2O2. The molecular weight excluding hydrogens is 287 g/mol. The smallest absolute Gasteiger partial charge is 0.181 e. The van der Waals surface area contributed by atoms with Gasteiger partial charge in [0.25, 0.3) is 0 Å². The van der Waals surface area contributed by atoms with Crippen molar-refractivity contribution in [1.29, 1.82) is 0 Å². The molecule has 4 nitrogen and oxygen atoms in total. The predicted molar refractivity (Wildman–Crippen MR) is 75.5 cm³/mol. The second-order valence-electron chi connectivity index (χ2n) is 3.90. The molecule has 1 heterocycles. The Morgan fingerprint density at radius 2 is 2.21 bits per heavy atom. The van der Waals surface area contributed by atoms with Gasteiger partial charge in [0.1, 0.15) is 5.69 Å².